The number of likely N-dealkylation sites (tertiary alicyclic amines) is 1. The number of piperidine rings is 1. The van der Waals surface area contributed by atoms with Crippen molar-refractivity contribution < 1.29 is 13.6 Å². The van der Waals surface area contributed by atoms with E-state index in [1.165, 1.54) is 0 Å². The zero-order chi connectivity index (χ0) is 16.8. The molecule has 1 saturated heterocycles. The van der Waals surface area contributed by atoms with Gasteiger partial charge in [-0.2, -0.15) is 0 Å². The number of carbonyl (C=O) groups excluding carboxylic acids is 1. The van der Waals surface area contributed by atoms with Crippen LogP contribution >= 0.6 is 28.3 Å². The number of halogens is 4. The molecule has 136 valence electrons. The summed E-state index contributed by atoms with van der Waals surface area (Å²) in [6, 6.07) is 1.89. The Hall–Kier alpha value is -0.760. The molecule has 1 heterocycles. The smallest absolute Gasteiger partial charge is 0.238 e. The fourth-order valence-electron chi connectivity index (χ4n) is 2.83. The monoisotopic (exact) mass is 425 g/mol. The molecule has 0 unspecified atom stereocenters. The van der Waals surface area contributed by atoms with Crippen molar-refractivity contribution in [2.45, 2.75) is 19.3 Å². The van der Waals surface area contributed by atoms with Crippen molar-refractivity contribution in [2.75, 3.05) is 38.5 Å². The molecule has 0 bridgehead atoms. The van der Waals surface area contributed by atoms with Gasteiger partial charge in [0.2, 0.25) is 5.91 Å². The molecular weight excluding hydrogens is 404 g/mol. The Bertz CT molecular complexity index is 531. The number of amides is 1. The summed E-state index contributed by atoms with van der Waals surface area (Å²) in [5.74, 6) is -1.05. The van der Waals surface area contributed by atoms with E-state index in [1.54, 1.807) is 0 Å². The van der Waals surface area contributed by atoms with Crippen LogP contribution in [0.1, 0.15) is 19.3 Å². The Kier molecular flexibility index (Phi) is 9.12. The fraction of sp³-hybridized carbons (Fsp3) is 0.562. The van der Waals surface area contributed by atoms with E-state index < -0.39 is 11.6 Å². The first kappa shape index (κ1) is 21.3. The molecule has 2 N–H and O–H groups in total. The number of hydrogen-bond donors (Lipinski definition) is 2. The normalized spacial score (nSPS) is 15.8. The van der Waals surface area contributed by atoms with Gasteiger partial charge < -0.3 is 10.6 Å². The highest BCUT2D eigenvalue weighted by Crippen LogP contribution is 2.27. The summed E-state index contributed by atoms with van der Waals surface area (Å²) in [6.45, 7) is 2.98. The molecule has 4 nitrogen and oxygen atoms in total. The maximum atomic E-state index is 13.7. The minimum absolute atomic E-state index is 0. The average molecular weight is 427 g/mol. The van der Waals surface area contributed by atoms with Gasteiger partial charge in [0.1, 0.15) is 5.82 Å². The molecule has 0 atom stereocenters. The van der Waals surface area contributed by atoms with Crippen molar-refractivity contribution in [1.29, 1.82) is 0 Å². The molecule has 1 aromatic carbocycles. The SMILES string of the molecule is CNCCC1CCN(CC(=O)Nc2c(F)cc(F)cc2Br)CC1.Cl. The van der Waals surface area contributed by atoms with Gasteiger partial charge in [0.05, 0.1) is 12.2 Å². The first-order chi connectivity index (χ1) is 11.0. The van der Waals surface area contributed by atoms with Crippen LogP contribution in [0, 0.1) is 17.6 Å². The Morgan fingerprint density at radius 3 is 2.58 bits per heavy atom. The molecular formula is C16H23BrClF2N3O. The zero-order valence-corrected chi connectivity index (χ0v) is 16.0. The number of nitrogens with zero attached hydrogens (tertiary/aromatic N) is 1. The molecule has 1 aromatic rings. The van der Waals surface area contributed by atoms with E-state index in [1.807, 2.05) is 7.05 Å². The molecule has 1 amide bonds. The van der Waals surface area contributed by atoms with Gasteiger partial charge in [-0.15, -0.1) is 12.4 Å². The fourth-order valence-corrected chi connectivity index (χ4v) is 3.33. The number of benzene rings is 1. The van der Waals surface area contributed by atoms with Gasteiger partial charge in [-0.05, 0) is 73.9 Å². The highest BCUT2D eigenvalue weighted by Gasteiger charge is 2.21. The van der Waals surface area contributed by atoms with Gasteiger partial charge in [-0.1, -0.05) is 0 Å². The Labute approximate surface area is 155 Å². The third-order valence-corrected chi connectivity index (χ3v) is 4.77. The van der Waals surface area contributed by atoms with E-state index in [9.17, 15) is 13.6 Å². The summed E-state index contributed by atoms with van der Waals surface area (Å²) < 4.78 is 27.0. The van der Waals surface area contributed by atoms with Crippen molar-refractivity contribution in [3.8, 4) is 0 Å². The maximum absolute atomic E-state index is 13.7. The molecule has 0 aliphatic carbocycles. The molecule has 0 radical (unpaired) electrons. The van der Waals surface area contributed by atoms with Gasteiger partial charge in [-0.3, -0.25) is 9.69 Å². The van der Waals surface area contributed by atoms with Crippen molar-refractivity contribution in [3.05, 3.63) is 28.2 Å². The van der Waals surface area contributed by atoms with Gasteiger partial charge in [-0.25, -0.2) is 8.78 Å². The number of anilines is 1. The summed E-state index contributed by atoms with van der Waals surface area (Å²) in [5, 5.41) is 5.68. The van der Waals surface area contributed by atoms with E-state index in [-0.39, 0.29) is 35.0 Å². The molecule has 0 saturated carbocycles. The molecule has 8 heteroatoms. The lowest BCUT2D eigenvalue weighted by Crippen LogP contribution is -2.39. The molecule has 1 aliphatic heterocycles. The third kappa shape index (κ3) is 6.27. The van der Waals surface area contributed by atoms with E-state index in [4.69, 9.17) is 0 Å². The quantitative estimate of drug-likeness (QED) is 0.733. The Morgan fingerprint density at radius 2 is 2.00 bits per heavy atom. The second-order valence-electron chi connectivity index (χ2n) is 5.90. The Balaban J connectivity index is 0.00000288. The van der Waals surface area contributed by atoms with Crippen molar-refractivity contribution in [1.82, 2.24) is 10.2 Å². The van der Waals surface area contributed by atoms with Crippen LogP contribution in [0.5, 0.6) is 0 Å². The van der Waals surface area contributed by atoms with Crippen LogP contribution < -0.4 is 10.6 Å². The summed E-state index contributed by atoms with van der Waals surface area (Å²) in [5.41, 5.74) is -0.0136. The van der Waals surface area contributed by atoms with Gasteiger partial charge in [0.15, 0.2) is 5.82 Å². The second kappa shape index (κ2) is 10.3. The second-order valence-corrected chi connectivity index (χ2v) is 6.76. The molecule has 1 aliphatic rings. The summed E-state index contributed by atoms with van der Waals surface area (Å²) >= 11 is 3.07. The highest BCUT2D eigenvalue weighted by molar-refractivity contribution is 9.10. The molecule has 0 aromatic heterocycles. The van der Waals surface area contributed by atoms with Gasteiger partial charge in [0, 0.05) is 10.5 Å². The molecule has 2 rings (SSSR count). The van der Waals surface area contributed by atoms with Crippen LogP contribution in [0.2, 0.25) is 0 Å². The lowest BCUT2D eigenvalue weighted by atomic mass is 9.93. The average Bonchev–Trinajstić information content (AvgIpc) is 2.50. The Morgan fingerprint density at radius 1 is 1.33 bits per heavy atom. The number of rotatable bonds is 6. The minimum Gasteiger partial charge on any atom is -0.322 e. The highest BCUT2D eigenvalue weighted by atomic mass is 79.9. The molecule has 1 fully saturated rings. The predicted octanol–water partition coefficient (Wildman–Crippen LogP) is 3.41. The third-order valence-electron chi connectivity index (χ3n) is 4.15. The van der Waals surface area contributed by atoms with E-state index in [0.29, 0.717) is 5.92 Å². The molecule has 24 heavy (non-hydrogen) atoms. The van der Waals surface area contributed by atoms with Crippen LogP contribution in [-0.4, -0.2) is 44.0 Å². The van der Waals surface area contributed by atoms with Gasteiger partial charge >= 0.3 is 0 Å². The van der Waals surface area contributed by atoms with Crippen LogP contribution in [-0.2, 0) is 4.79 Å². The summed E-state index contributed by atoms with van der Waals surface area (Å²) in [4.78, 5) is 14.1. The van der Waals surface area contributed by atoms with Crippen LogP contribution in [0.3, 0.4) is 0 Å². The minimum atomic E-state index is -0.781. The van der Waals surface area contributed by atoms with E-state index >= 15 is 0 Å². The number of nitrogens with one attached hydrogen (secondary N) is 2. The van der Waals surface area contributed by atoms with Crippen molar-refractivity contribution in [2.24, 2.45) is 5.92 Å². The lowest BCUT2D eigenvalue weighted by Gasteiger charge is -2.31. The van der Waals surface area contributed by atoms with Crippen molar-refractivity contribution in [3.63, 3.8) is 0 Å². The van der Waals surface area contributed by atoms with Crippen LogP contribution in [0.4, 0.5) is 14.5 Å². The number of hydrogen-bond acceptors (Lipinski definition) is 3. The topological polar surface area (TPSA) is 44.4 Å². The van der Waals surface area contributed by atoms with Crippen LogP contribution in [0.15, 0.2) is 16.6 Å². The van der Waals surface area contributed by atoms with Gasteiger partial charge in [0.25, 0.3) is 0 Å². The van der Waals surface area contributed by atoms with E-state index in [2.05, 4.69) is 31.5 Å². The number of carbonyl (C=O) groups is 1. The van der Waals surface area contributed by atoms with Crippen LogP contribution in [0.25, 0.3) is 0 Å². The molecule has 0 spiro atoms. The van der Waals surface area contributed by atoms with Crippen molar-refractivity contribution >= 4 is 39.9 Å². The first-order valence-electron chi connectivity index (χ1n) is 7.81. The zero-order valence-electron chi connectivity index (χ0n) is 13.6. The lowest BCUT2D eigenvalue weighted by molar-refractivity contribution is -0.117. The maximum Gasteiger partial charge on any atom is 0.238 e. The standard InChI is InChI=1S/C16H22BrF2N3O.ClH/c1-20-5-2-11-3-6-22(7-4-11)10-15(23)21-16-13(17)8-12(18)9-14(16)19;/h8-9,11,20H,2-7,10H2,1H3,(H,21,23);1H. The first-order valence-corrected chi connectivity index (χ1v) is 8.60. The largest absolute Gasteiger partial charge is 0.322 e. The van der Waals surface area contributed by atoms with E-state index in [0.717, 1.165) is 51.0 Å². The summed E-state index contributed by atoms with van der Waals surface area (Å²) in [7, 11) is 1.95. The summed E-state index contributed by atoms with van der Waals surface area (Å²) in [6.07, 6.45) is 3.30. The predicted molar refractivity (Wildman–Crippen MR) is 97.6 cm³/mol.